The second-order valence-corrected chi connectivity index (χ2v) is 15.2. The Morgan fingerprint density at radius 1 is 0.564 bits per heavy atom. The molecule has 1 aliphatic rings. The second kappa shape index (κ2) is 16.8. The minimum atomic E-state index is -1.91. The van der Waals surface area contributed by atoms with Gasteiger partial charge in [0, 0.05) is 0 Å². The summed E-state index contributed by atoms with van der Waals surface area (Å²) in [5.74, 6) is 0.173. The molecule has 294 valence electrons. The first-order valence-corrected chi connectivity index (χ1v) is 18.9. The van der Waals surface area contributed by atoms with Gasteiger partial charge in [0.25, 0.3) is 0 Å². The van der Waals surface area contributed by atoms with Crippen molar-refractivity contribution in [2.75, 3.05) is 28.4 Å². The van der Waals surface area contributed by atoms with Crippen LogP contribution in [0.2, 0.25) is 0 Å². The number of primary amides is 1. The van der Waals surface area contributed by atoms with Crippen LogP contribution in [-0.2, 0) is 20.8 Å². The number of hydrogen-bond donors (Lipinski definition) is 3. The maximum Gasteiger partial charge on any atom is 0.239 e. The number of nitrogens with zero attached hydrogens (tertiary/aromatic N) is 1. The van der Waals surface area contributed by atoms with Gasteiger partial charge in [-0.05, 0) is 95.5 Å². The van der Waals surface area contributed by atoms with Gasteiger partial charge in [-0.25, -0.2) is 0 Å². The van der Waals surface area contributed by atoms with Gasteiger partial charge in [-0.2, -0.15) is 0 Å². The van der Waals surface area contributed by atoms with Crippen molar-refractivity contribution in [3.05, 3.63) is 119 Å². The molecule has 0 heterocycles. The molecular weight excluding hydrogens is 697 g/mol. The van der Waals surface area contributed by atoms with Crippen molar-refractivity contribution in [1.29, 1.82) is 0 Å². The van der Waals surface area contributed by atoms with E-state index in [1.54, 1.807) is 130 Å². The third kappa shape index (κ3) is 7.50. The summed E-state index contributed by atoms with van der Waals surface area (Å²) >= 11 is 0. The van der Waals surface area contributed by atoms with Gasteiger partial charge >= 0.3 is 0 Å². The Bertz CT molecular complexity index is 1670. The summed E-state index contributed by atoms with van der Waals surface area (Å²) in [6.45, 7) is 7.75. The Hall–Kier alpha value is -5.06. The van der Waals surface area contributed by atoms with E-state index in [2.05, 4.69) is 0 Å². The number of hydrogen-bond acceptors (Lipinski definition) is 8. The average Bonchev–Trinajstić information content (AvgIpc) is 3.72. The number of carbonyl (C=O) groups excluding carboxylic acids is 2. The van der Waals surface area contributed by atoms with Crippen LogP contribution < -0.4 is 24.7 Å². The largest absolute Gasteiger partial charge is 0.497 e. The Morgan fingerprint density at radius 3 is 1.02 bits per heavy atom. The van der Waals surface area contributed by atoms with Gasteiger partial charge in [0.2, 0.25) is 11.8 Å². The fourth-order valence-corrected chi connectivity index (χ4v) is 8.62. The van der Waals surface area contributed by atoms with Crippen molar-refractivity contribution in [3.63, 3.8) is 0 Å². The molecule has 55 heavy (non-hydrogen) atoms. The molecule has 1 aliphatic carbocycles. The number of amides is 2. The van der Waals surface area contributed by atoms with Gasteiger partial charge in [-0.3, -0.25) is 9.59 Å². The number of rotatable bonds is 16. The Balaban J connectivity index is 1.92. The van der Waals surface area contributed by atoms with Crippen LogP contribution in [0.5, 0.6) is 23.0 Å². The van der Waals surface area contributed by atoms with Crippen LogP contribution in [-0.4, -0.2) is 67.5 Å². The molecule has 2 amide bonds. The van der Waals surface area contributed by atoms with E-state index in [4.69, 9.17) is 24.7 Å². The minimum absolute atomic E-state index is 0.250. The first-order chi connectivity index (χ1) is 26.2. The Labute approximate surface area is 325 Å². The van der Waals surface area contributed by atoms with Crippen molar-refractivity contribution in [1.82, 2.24) is 4.90 Å². The van der Waals surface area contributed by atoms with Gasteiger partial charge in [-0.1, -0.05) is 89.1 Å². The van der Waals surface area contributed by atoms with Crippen LogP contribution >= 0.6 is 0 Å². The molecule has 1 saturated carbocycles. The summed E-state index contributed by atoms with van der Waals surface area (Å²) < 4.78 is 22.0. The monoisotopic (exact) mass is 752 g/mol. The zero-order valence-electron chi connectivity index (χ0n) is 33.2. The molecule has 10 heteroatoms. The van der Waals surface area contributed by atoms with Crippen LogP contribution in [0.25, 0.3) is 0 Å². The highest BCUT2D eigenvalue weighted by Gasteiger charge is 2.59. The molecule has 2 atom stereocenters. The van der Waals surface area contributed by atoms with E-state index in [0.717, 1.165) is 0 Å². The van der Waals surface area contributed by atoms with Crippen LogP contribution in [0.4, 0.5) is 0 Å². The van der Waals surface area contributed by atoms with Crippen LogP contribution in [0.3, 0.4) is 0 Å². The maximum absolute atomic E-state index is 15.9. The summed E-state index contributed by atoms with van der Waals surface area (Å²) in [6, 6.07) is 26.2. The number of aliphatic hydroxyl groups is 2. The normalized spacial score (nSPS) is 15.3. The first kappa shape index (κ1) is 41.1. The second-order valence-electron chi connectivity index (χ2n) is 15.2. The molecule has 10 nitrogen and oxygen atoms in total. The van der Waals surface area contributed by atoms with Crippen LogP contribution in [0.1, 0.15) is 75.6 Å². The molecular formula is C45H56N2O8. The predicted octanol–water partition coefficient (Wildman–Crippen LogP) is 6.82. The van der Waals surface area contributed by atoms with E-state index in [-0.39, 0.29) is 12.8 Å². The number of carbonyl (C=O) groups is 2. The quantitative estimate of drug-likeness (QED) is 0.106. The van der Waals surface area contributed by atoms with Gasteiger partial charge in [0.05, 0.1) is 40.5 Å². The third-order valence-electron chi connectivity index (χ3n) is 11.4. The lowest BCUT2D eigenvalue weighted by molar-refractivity contribution is -0.173. The van der Waals surface area contributed by atoms with Crippen molar-refractivity contribution < 1.29 is 38.7 Å². The molecule has 0 unspecified atom stereocenters. The van der Waals surface area contributed by atoms with Crippen molar-refractivity contribution >= 4 is 11.8 Å². The molecule has 4 aromatic rings. The molecule has 0 saturated heterocycles. The summed E-state index contributed by atoms with van der Waals surface area (Å²) in [5.41, 5.74) is 2.79. The number of benzene rings is 4. The Kier molecular flexibility index (Phi) is 12.5. The van der Waals surface area contributed by atoms with E-state index in [1.165, 1.54) is 0 Å². The maximum atomic E-state index is 15.9. The molecule has 5 rings (SSSR count). The number of ether oxygens (including phenoxy) is 4. The lowest BCUT2D eigenvalue weighted by atomic mass is 9.69. The Morgan fingerprint density at radius 2 is 0.818 bits per heavy atom. The van der Waals surface area contributed by atoms with Crippen molar-refractivity contribution in [2.24, 2.45) is 23.0 Å². The molecule has 4 aromatic carbocycles. The lowest BCUT2D eigenvalue weighted by Gasteiger charge is -2.55. The van der Waals surface area contributed by atoms with E-state index >= 15 is 4.79 Å². The smallest absolute Gasteiger partial charge is 0.239 e. The average molecular weight is 753 g/mol. The molecule has 0 spiro atoms. The minimum Gasteiger partial charge on any atom is -0.497 e. The molecule has 0 radical (unpaired) electrons. The van der Waals surface area contributed by atoms with Gasteiger partial charge < -0.3 is 39.8 Å². The third-order valence-corrected chi connectivity index (χ3v) is 11.4. The molecule has 0 aliphatic heterocycles. The zero-order chi connectivity index (χ0) is 40.1. The molecule has 4 N–H and O–H groups in total. The summed E-state index contributed by atoms with van der Waals surface area (Å²) in [4.78, 5) is 31.3. The van der Waals surface area contributed by atoms with Gasteiger partial charge in [-0.15, -0.1) is 0 Å². The fraction of sp³-hybridized carbons (Fsp3) is 0.422. The van der Waals surface area contributed by atoms with E-state index in [0.29, 0.717) is 58.1 Å². The molecule has 1 fully saturated rings. The lowest BCUT2D eigenvalue weighted by Crippen LogP contribution is -2.68. The highest BCUT2D eigenvalue weighted by molar-refractivity contribution is 6.05. The predicted molar refractivity (Wildman–Crippen MR) is 212 cm³/mol. The SMILES string of the molecule is COc1ccc(C(O)(c2ccc(OC)cc2)[C@@H](C(C)C)N(C(=O)C2(C(N)=O)CCCC2)[C@H](C(C)C)C(O)(c2ccc(OC)cc2)c2ccc(OC)cc2)cc1. The zero-order valence-corrected chi connectivity index (χ0v) is 33.2. The standard InChI is InChI=1S/C45H56N2O8/c1-29(2)39(44(50,31-11-19-35(52-5)20-12-31)32-13-21-36(53-6)22-14-32)47(42(49)43(41(46)48)27-9-10-28-43)40(30(3)4)45(51,33-15-23-37(54-7)24-16-33)34-17-25-38(55-8)26-18-34/h11-26,29-30,39-40,50-51H,9-10,27-28H2,1-8H3,(H2,46,48)/t39-,40-/m1/s1. The number of nitrogens with two attached hydrogens (primary N) is 1. The molecule has 0 bridgehead atoms. The van der Waals surface area contributed by atoms with Crippen molar-refractivity contribution in [2.45, 2.75) is 76.7 Å². The van der Waals surface area contributed by atoms with Gasteiger partial charge in [0.15, 0.2) is 0 Å². The van der Waals surface area contributed by atoms with Crippen LogP contribution in [0, 0.1) is 17.3 Å². The topological polar surface area (TPSA) is 141 Å². The van der Waals surface area contributed by atoms with E-state index in [9.17, 15) is 15.0 Å². The van der Waals surface area contributed by atoms with E-state index < -0.39 is 52.4 Å². The van der Waals surface area contributed by atoms with Crippen molar-refractivity contribution in [3.8, 4) is 23.0 Å². The summed E-state index contributed by atoms with van der Waals surface area (Å²) in [5, 5.41) is 27.5. The van der Waals surface area contributed by atoms with Crippen LogP contribution in [0.15, 0.2) is 97.1 Å². The molecule has 0 aromatic heterocycles. The van der Waals surface area contributed by atoms with E-state index in [1.807, 2.05) is 27.7 Å². The summed E-state index contributed by atoms with van der Waals surface area (Å²) in [7, 11) is 6.27. The highest BCUT2D eigenvalue weighted by atomic mass is 16.5. The first-order valence-electron chi connectivity index (χ1n) is 18.9. The van der Waals surface area contributed by atoms with Gasteiger partial charge in [0.1, 0.15) is 39.6 Å². The fourth-order valence-electron chi connectivity index (χ4n) is 8.62. The summed E-state index contributed by atoms with van der Waals surface area (Å²) in [6.07, 6.45) is 1.76. The highest BCUT2D eigenvalue weighted by Crippen LogP contribution is 2.50. The number of methoxy groups -OCH3 is 4.